The van der Waals surface area contributed by atoms with Crippen LogP contribution in [-0.2, 0) is 4.79 Å². The maximum Gasteiger partial charge on any atom is 0.253 e. The van der Waals surface area contributed by atoms with Crippen LogP contribution in [0.1, 0.15) is 36.2 Å². The van der Waals surface area contributed by atoms with Crippen molar-refractivity contribution in [1.29, 1.82) is 0 Å². The lowest BCUT2D eigenvalue weighted by atomic mass is 10.1. The fraction of sp³-hybridized carbons (Fsp3) is 0.429. The van der Waals surface area contributed by atoms with E-state index in [1.54, 1.807) is 12.1 Å². The molecule has 0 radical (unpaired) electrons. The highest BCUT2D eigenvalue weighted by Gasteiger charge is 2.11. The number of hydrogen-bond acceptors (Lipinski definition) is 4. The standard InChI is InChI=1S/C14H22N4O2/c1-9(2)17-13(19)6-7-16-14(20)11-5-4-10(3)8-12(11)18-15/h4-5,8-9,18H,6-7,15H2,1-3H3,(H,16,20)(H,17,19). The number of aryl methyl sites for hydroxylation is 1. The highest BCUT2D eigenvalue weighted by atomic mass is 16.2. The van der Waals surface area contributed by atoms with Gasteiger partial charge in [0, 0.05) is 19.0 Å². The van der Waals surface area contributed by atoms with Gasteiger partial charge >= 0.3 is 0 Å². The van der Waals surface area contributed by atoms with Crippen molar-refractivity contribution in [2.75, 3.05) is 12.0 Å². The Kier molecular flexibility index (Phi) is 5.99. The number of anilines is 1. The van der Waals surface area contributed by atoms with Crippen LogP contribution in [0.5, 0.6) is 0 Å². The second-order valence-electron chi connectivity index (χ2n) is 4.92. The van der Waals surface area contributed by atoms with E-state index >= 15 is 0 Å². The van der Waals surface area contributed by atoms with Gasteiger partial charge in [0.2, 0.25) is 5.91 Å². The molecule has 0 bridgehead atoms. The fourth-order valence-electron chi connectivity index (χ4n) is 1.75. The molecule has 0 spiro atoms. The average molecular weight is 278 g/mol. The summed E-state index contributed by atoms with van der Waals surface area (Å²) in [5.41, 5.74) is 4.53. The van der Waals surface area contributed by atoms with E-state index in [9.17, 15) is 9.59 Å². The summed E-state index contributed by atoms with van der Waals surface area (Å²) < 4.78 is 0. The molecule has 0 saturated carbocycles. The Morgan fingerprint density at radius 3 is 2.60 bits per heavy atom. The SMILES string of the molecule is Cc1ccc(C(=O)NCCC(=O)NC(C)C)c(NN)c1. The molecule has 110 valence electrons. The predicted molar refractivity (Wildman–Crippen MR) is 79.2 cm³/mol. The number of nitrogens with two attached hydrogens (primary N) is 1. The van der Waals surface area contributed by atoms with E-state index in [2.05, 4.69) is 16.1 Å². The first-order valence-corrected chi connectivity index (χ1v) is 6.59. The van der Waals surface area contributed by atoms with Crippen molar-refractivity contribution in [3.8, 4) is 0 Å². The van der Waals surface area contributed by atoms with Crippen LogP contribution < -0.4 is 21.9 Å². The van der Waals surface area contributed by atoms with Crippen LogP contribution >= 0.6 is 0 Å². The van der Waals surface area contributed by atoms with Crippen molar-refractivity contribution in [2.45, 2.75) is 33.2 Å². The van der Waals surface area contributed by atoms with Crippen LogP contribution in [0.4, 0.5) is 5.69 Å². The second kappa shape index (κ2) is 7.49. The Bertz CT molecular complexity index is 486. The van der Waals surface area contributed by atoms with Gasteiger partial charge in [0.1, 0.15) is 0 Å². The van der Waals surface area contributed by atoms with Crippen molar-refractivity contribution in [1.82, 2.24) is 10.6 Å². The van der Waals surface area contributed by atoms with Gasteiger partial charge in [0.25, 0.3) is 5.91 Å². The molecule has 0 unspecified atom stereocenters. The van der Waals surface area contributed by atoms with Gasteiger partial charge < -0.3 is 16.1 Å². The number of carbonyl (C=O) groups is 2. The van der Waals surface area contributed by atoms with Crippen LogP contribution in [0.2, 0.25) is 0 Å². The summed E-state index contributed by atoms with van der Waals surface area (Å²) in [6.07, 6.45) is 0.251. The topological polar surface area (TPSA) is 96.2 Å². The van der Waals surface area contributed by atoms with Gasteiger partial charge in [-0.3, -0.25) is 15.4 Å². The number of nitrogen functional groups attached to an aromatic ring is 1. The van der Waals surface area contributed by atoms with Crippen molar-refractivity contribution in [3.05, 3.63) is 29.3 Å². The van der Waals surface area contributed by atoms with Crippen LogP contribution in [0.25, 0.3) is 0 Å². The first-order valence-electron chi connectivity index (χ1n) is 6.59. The molecule has 0 saturated heterocycles. The third-order valence-corrected chi connectivity index (χ3v) is 2.66. The fourth-order valence-corrected chi connectivity index (χ4v) is 1.75. The molecule has 1 rings (SSSR count). The zero-order valence-corrected chi connectivity index (χ0v) is 12.1. The lowest BCUT2D eigenvalue weighted by molar-refractivity contribution is -0.121. The Labute approximate surface area is 119 Å². The third kappa shape index (κ3) is 4.89. The van der Waals surface area contributed by atoms with E-state index in [1.807, 2.05) is 26.8 Å². The van der Waals surface area contributed by atoms with Crippen LogP contribution in [0.3, 0.4) is 0 Å². The summed E-state index contributed by atoms with van der Waals surface area (Å²) >= 11 is 0. The summed E-state index contributed by atoms with van der Waals surface area (Å²) in [7, 11) is 0. The Hall–Kier alpha value is -2.08. The van der Waals surface area contributed by atoms with Gasteiger partial charge in [0.05, 0.1) is 11.3 Å². The molecule has 0 heterocycles. The zero-order valence-electron chi connectivity index (χ0n) is 12.1. The summed E-state index contributed by atoms with van der Waals surface area (Å²) in [6.45, 7) is 5.98. The van der Waals surface area contributed by atoms with Gasteiger partial charge in [-0.15, -0.1) is 0 Å². The normalized spacial score (nSPS) is 10.2. The molecule has 0 fully saturated rings. The van der Waals surface area contributed by atoms with Gasteiger partial charge in [-0.25, -0.2) is 0 Å². The molecular formula is C14H22N4O2. The maximum absolute atomic E-state index is 12.0. The minimum Gasteiger partial charge on any atom is -0.354 e. The van der Waals surface area contributed by atoms with E-state index in [0.29, 0.717) is 11.3 Å². The highest BCUT2D eigenvalue weighted by molar-refractivity contribution is 5.99. The molecule has 0 aromatic heterocycles. The summed E-state index contributed by atoms with van der Waals surface area (Å²) in [4.78, 5) is 23.4. The summed E-state index contributed by atoms with van der Waals surface area (Å²) in [5, 5.41) is 5.47. The average Bonchev–Trinajstić information content (AvgIpc) is 2.37. The lowest BCUT2D eigenvalue weighted by Gasteiger charge is -2.11. The monoisotopic (exact) mass is 278 g/mol. The van der Waals surface area contributed by atoms with Crippen LogP contribution in [-0.4, -0.2) is 24.4 Å². The first-order chi connectivity index (χ1) is 9.43. The Morgan fingerprint density at radius 1 is 1.30 bits per heavy atom. The molecule has 0 aliphatic carbocycles. The minimum absolute atomic E-state index is 0.0821. The van der Waals surface area contributed by atoms with E-state index in [-0.39, 0.29) is 30.8 Å². The number of hydrogen-bond donors (Lipinski definition) is 4. The minimum atomic E-state index is -0.254. The molecule has 0 atom stereocenters. The van der Waals surface area contributed by atoms with Gasteiger partial charge in [-0.05, 0) is 38.5 Å². The number of amides is 2. The number of carbonyl (C=O) groups excluding carboxylic acids is 2. The third-order valence-electron chi connectivity index (χ3n) is 2.66. The van der Waals surface area contributed by atoms with Crippen LogP contribution in [0, 0.1) is 6.92 Å². The quantitative estimate of drug-likeness (QED) is 0.459. The number of benzene rings is 1. The van der Waals surface area contributed by atoms with E-state index < -0.39 is 0 Å². The molecule has 2 amide bonds. The maximum atomic E-state index is 12.0. The second-order valence-corrected chi connectivity index (χ2v) is 4.92. The van der Waals surface area contributed by atoms with E-state index in [0.717, 1.165) is 5.56 Å². The molecule has 20 heavy (non-hydrogen) atoms. The number of nitrogens with one attached hydrogen (secondary N) is 3. The highest BCUT2D eigenvalue weighted by Crippen LogP contribution is 2.16. The van der Waals surface area contributed by atoms with Gasteiger partial charge in [-0.1, -0.05) is 6.07 Å². The number of rotatable bonds is 6. The molecule has 6 heteroatoms. The molecule has 0 aliphatic rings. The molecule has 5 N–H and O–H groups in total. The lowest BCUT2D eigenvalue weighted by Crippen LogP contribution is -2.34. The first kappa shape index (κ1) is 16.0. The zero-order chi connectivity index (χ0) is 15.1. The molecule has 0 aliphatic heterocycles. The van der Waals surface area contributed by atoms with Crippen LogP contribution in [0.15, 0.2) is 18.2 Å². The smallest absolute Gasteiger partial charge is 0.253 e. The summed E-state index contributed by atoms with van der Waals surface area (Å²) in [6, 6.07) is 5.43. The predicted octanol–water partition coefficient (Wildman–Crippen LogP) is 0.925. The van der Waals surface area contributed by atoms with Gasteiger partial charge in [-0.2, -0.15) is 0 Å². The Morgan fingerprint density at radius 2 is 2.00 bits per heavy atom. The molecule has 1 aromatic carbocycles. The van der Waals surface area contributed by atoms with E-state index in [4.69, 9.17) is 5.84 Å². The van der Waals surface area contributed by atoms with Crippen molar-refractivity contribution < 1.29 is 9.59 Å². The van der Waals surface area contributed by atoms with Crippen molar-refractivity contribution >= 4 is 17.5 Å². The van der Waals surface area contributed by atoms with Crippen molar-refractivity contribution in [3.63, 3.8) is 0 Å². The van der Waals surface area contributed by atoms with Gasteiger partial charge in [0.15, 0.2) is 0 Å². The number of hydrazine groups is 1. The Balaban J connectivity index is 2.53. The largest absolute Gasteiger partial charge is 0.354 e. The van der Waals surface area contributed by atoms with Crippen molar-refractivity contribution in [2.24, 2.45) is 5.84 Å². The molecular weight excluding hydrogens is 256 g/mol. The summed E-state index contributed by atoms with van der Waals surface area (Å²) in [5.74, 6) is 5.06. The molecule has 6 nitrogen and oxygen atoms in total. The molecule has 1 aromatic rings. The van der Waals surface area contributed by atoms with E-state index in [1.165, 1.54) is 0 Å².